The number of carbonyl (C=O) groups is 2. The molecule has 1 amide bonds. The summed E-state index contributed by atoms with van der Waals surface area (Å²) >= 11 is 6.14. The molecule has 8 nitrogen and oxygen atoms in total. The quantitative estimate of drug-likeness (QED) is 0.530. The van der Waals surface area contributed by atoms with Crippen LogP contribution < -0.4 is 10.9 Å². The number of aromatic nitrogens is 2. The molecule has 0 aliphatic carbocycles. The van der Waals surface area contributed by atoms with Gasteiger partial charge in [-0.25, -0.2) is 4.98 Å². The molecule has 2 N–H and O–H groups in total. The molecule has 1 aliphatic rings. The molecule has 0 spiro atoms. The van der Waals surface area contributed by atoms with E-state index in [9.17, 15) is 19.5 Å². The number of halogens is 1. The zero-order chi connectivity index (χ0) is 26.5. The van der Waals surface area contributed by atoms with Crippen molar-refractivity contribution in [3.05, 3.63) is 51.4 Å². The van der Waals surface area contributed by atoms with Gasteiger partial charge < -0.3 is 15.3 Å². The lowest BCUT2D eigenvalue weighted by Crippen LogP contribution is -2.44. The van der Waals surface area contributed by atoms with Crippen LogP contribution in [0.1, 0.15) is 58.9 Å². The highest BCUT2D eigenvalue weighted by Crippen LogP contribution is 2.22. The summed E-state index contributed by atoms with van der Waals surface area (Å²) in [6, 6.07) is 6.94. The van der Waals surface area contributed by atoms with Gasteiger partial charge in [-0.05, 0) is 65.6 Å². The average Bonchev–Trinajstić information content (AvgIpc) is 2.76. The Kier molecular flexibility index (Phi) is 9.08. The van der Waals surface area contributed by atoms with E-state index in [2.05, 4.69) is 15.2 Å². The van der Waals surface area contributed by atoms with Crippen molar-refractivity contribution >= 4 is 23.3 Å². The lowest BCUT2D eigenvalue weighted by atomic mass is 9.94. The summed E-state index contributed by atoms with van der Waals surface area (Å²) < 4.78 is 1.31. The van der Waals surface area contributed by atoms with Crippen molar-refractivity contribution in [1.29, 1.82) is 0 Å². The van der Waals surface area contributed by atoms with E-state index in [-0.39, 0.29) is 30.2 Å². The zero-order valence-electron chi connectivity index (χ0n) is 21.6. The summed E-state index contributed by atoms with van der Waals surface area (Å²) in [4.78, 5) is 45.5. The maximum absolute atomic E-state index is 13.4. The van der Waals surface area contributed by atoms with Crippen molar-refractivity contribution in [2.75, 3.05) is 19.6 Å². The lowest BCUT2D eigenvalue weighted by Gasteiger charge is -2.35. The second-order valence-electron chi connectivity index (χ2n) is 11.0. The summed E-state index contributed by atoms with van der Waals surface area (Å²) in [5.74, 6) is -0.0403. The van der Waals surface area contributed by atoms with Gasteiger partial charge in [-0.15, -0.1) is 0 Å². The summed E-state index contributed by atoms with van der Waals surface area (Å²) in [5, 5.41) is 13.4. The fraction of sp³-hybridized carbons (Fsp3) is 0.556. The van der Waals surface area contributed by atoms with Gasteiger partial charge in [0.05, 0.1) is 5.60 Å². The second-order valence-corrected chi connectivity index (χ2v) is 11.4. The number of ketones is 1. The summed E-state index contributed by atoms with van der Waals surface area (Å²) in [7, 11) is 0. The van der Waals surface area contributed by atoms with Crippen LogP contribution in [0.2, 0.25) is 5.02 Å². The standard InChI is InChI=1S/C27H37ClN4O4/c1-26(2,3)30-23(34)18-32-24(19-7-5-8-21(28)15-19)29-17-20(25(32)35)16-22(33)9-6-12-31-13-10-27(4,36)11-14-31/h5,7-8,15,17,36H,6,9-14,16,18H2,1-4H3,(H,30,34). The van der Waals surface area contributed by atoms with Crippen molar-refractivity contribution in [3.63, 3.8) is 0 Å². The molecule has 0 saturated carbocycles. The van der Waals surface area contributed by atoms with Gasteiger partial charge in [0.15, 0.2) is 0 Å². The Labute approximate surface area is 217 Å². The first kappa shape index (κ1) is 28.0. The Morgan fingerprint density at radius 1 is 1.22 bits per heavy atom. The van der Waals surface area contributed by atoms with Gasteiger partial charge in [0.25, 0.3) is 5.56 Å². The fourth-order valence-corrected chi connectivity index (χ4v) is 4.51. The second kappa shape index (κ2) is 11.7. The molecule has 1 saturated heterocycles. The fourth-order valence-electron chi connectivity index (χ4n) is 4.32. The molecule has 1 aliphatic heterocycles. The molecule has 196 valence electrons. The van der Waals surface area contributed by atoms with Crippen LogP contribution in [0.25, 0.3) is 11.4 Å². The first-order chi connectivity index (χ1) is 16.8. The van der Waals surface area contributed by atoms with E-state index < -0.39 is 16.7 Å². The molecule has 0 bridgehead atoms. The van der Waals surface area contributed by atoms with Gasteiger partial charge >= 0.3 is 0 Å². The minimum Gasteiger partial charge on any atom is -0.390 e. The highest BCUT2D eigenvalue weighted by molar-refractivity contribution is 6.30. The van der Waals surface area contributed by atoms with E-state index in [1.54, 1.807) is 24.3 Å². The molecule has 2 aromatic rings. The Balaban J connectivity index is 1.73. The largest absolute Gasteiger partial charge is 0.390 e. The van der Waals surface area contributed by atoms with Crippen molar-refractivity contribution in [2.24, 2.45) is 0 Å². The Morgan fingerprint density at radius 3 is 2.56 bits per heavy atom. The van der Waals surface area contributed by atoms with Gasteiger partial charge in [-0.1, -0.05) is 23.7 Å². The van der Waals surface area contributed by atoms with Crippen molar-refractivity contribution in [2.45, 2.75) is 77.5 Å². The van der Waals surface area contributed by atoms with Gasteiger partial charge in [0.1, 0.15) is 18.2 Å². The molecular formula is C27H37ClN4O4. The van der Waals surface area contributed by atoms with Crippen LogP contribution in [0.3, 0.4) is 0 Å². The molecule has 2 heterocycles. The van der Waals surface area contributed by atoms with Gasteiger partial charge in [-0.2, -0.15) is 0 Å². The van der Waals surface area contributed by atoms with Crippen molar-refractivity contribution in [1.82, 2.24) is 19.8 Å². The molecule has 0 atom stereocenters. The zero-order valence-corrected chi connectivity index (χ0v) is 22.4. The first-order valence-corrected chi connectivity index (χ1v) is 12.8. The minimum atomic E-state index is -0.597. The van der Waals surface area contributed by atoms with Gasteiger partial charge in [-0.3, -0.25) is 19.0 Å². The van der Waals surface area contributed by atoms with Crippen molar-refractivity contribution < 1.29 is 14.7 Å². The summed E-state index contributed by atoms with van der Waals surface area (Å²) in [6.07, 6.45) is 3.91. The molecular weight excluding hydrogens is 480 g/mol. The number of nitrogens with one attached hydrogen (secondary N) is 1. The molecule has 1 fully saturated rings. The highest BCUT2D eigenvalue weighted by atomic mass is 35.5. The van der Waals surface area contributed by atoms with E-state index in [1.165, 1.54) is 10.8 Å². The van der Waals surface area contributed by atoms with Crippen LogP contribution in [-0.4, -0.2) is 62.0 Å². The van der Waals surface area contributed by atoms with Crippen molar-refractivity contribution in [3.8, 4) is 11.4 Å². The van der Waals surface area contributed by atoms with E-state index in [0.29, 0.717) is 29.3 Å². The molecule has 0 radical (unpaired) electrons. The van der Waals surface area contributed by atoms with Gasteiger partial charge in [0.2, 0.25) is 5.91 Å². The number of rotatable bonds is 9. The first-order valence-electron chi connectivity index (χ1n) is 12.5. The van der Waals surface area contributed by atoms with E-state index >= 15 is 0 Å². The molecule has 3 rings (SSSR count). The number of amides is 1. The van der Waals surface area contributed by atoms with Crippen LogP contribution in [-0.2, 0) is 22.6 Å². The monoisotopic (exact) mass is 516 g/mol. The molecule has 0 unspecified atom stereocenters. The third kappa shape index (κ3) is 8.25. The lowest BCUT2D eigenvalue weighted by molar-refractivity contribution is -0.123. The van der Waals surface area contributed by atoms with E-state index in [0.717, 1.165) is 32.5 Å². The smallest absolute Gasteiger partial charge is 0.257 e. The highest BCUT2D eigenvalue weighted by Gasteiger charge is 2.27. The predicted molar refractivity (Wildman–Crippen MR) is 141 cm³/mol. The number of nitrogens with zero attached hydrogens (tertiary/aromatic N) is 3. The third-order valence-corrected chi connectivity index (χ3v) is 6.50. The number of carbonyl (C=O) groups excluding carboxylic acids is 2. The topological polar surface area (TPSA) is 105 Å². The number of hydrogen-bond acceptors (Lipinski definition) is 6. The SMILES string of the molecule is CC1(O)CCN(CCCC(=O)Cc2cnc(-c3cccc(Cl)c3)n(CC(=O)NC(C)(C)C)c2=O)CC1. The minimum absolute atomic E-state index is 0.0305. The van der Waals surface area contributed by atoms with E-state index in [1.807, 2.05) is 27.7 Å². The molecule has 36 heavy (non-hydrogen) atoms. The maximum atomic E-state index is 13.4. The predicted octanol–water partition coefficient (Wildman–Crippen LogP) is 3.22. The van der Waals surface area contributed by atoms with E-state index in [4.69, 9.17) is 11.6 Å². The normalized spacial score (nSPS) is 16.1. The third-order valence-electron chi connectivity index (χ3n) is 6.27. The molecule has 9 heteroatoms. The van der Waals surface area contributed by atoms with Crippen LogP contribution in [0.15, 0.2) is 35.3 Å². The van der Waals surface area contributed by atoms with Crippen LogP contribution in [0.5, 0.6) is 0 Å². The summed E-state index contributed by atoms with van der Waals surface area (Å²) in [6.45, 7) is 9.66. The Bertz CT molecular complexity index is 1140. The van der Waals surface area contributed by atoms with Crippen LogP contribution >= 0.6 is 11.6 Å². The number of benzene rings is 1. The number of likely N-dealkylation sites (tertiary alicyclic amines) is 1. The number of aliphatic hydroxyl groups is 1. The number of Topliss-reactive ketones (excluding diaryl/α,β-unsaturated/α-hetero) is 1. The maximum Gasteiger partial charge on any atom is 0.257 e. The van der Waals surface area contributed by atoms with Gasteiger partial charge in [0, 0.05) is 53.8 Å². The number of piperidine rings is 1. The van der Waals surface area contributed by atoms with Crippen LogP contribution in [0.4, 0.5) is 0 Å². The Morgan fingerprint density at radius 2 is 1.92 bits per heavy atom. The molecule has 1 aromatic heterocycles. The Hall–Kier alpha value is -2.55. The number of hydrogen-bond donors (Lipinski definition) is 2. The summed E-state index contributed by atoms with van der Waals surface area (Å²) in [5.41, 5.74) is -0.581. The molecule has 1 aromatic carbocycles. The average molecular weight is 517 g/mol. The van der Waals surface area contributed by atoms with Crippen LogP contribution in [0, 0.1) is 0 Å².